The zero-order valence-corrected chi connectivity index (χ0v) is 12.2. The molecule has 0 aromatic heterocycles. The average Bonchev–Trinajstić information content (AvgIpc) is 2.25. The van der Waals surface area contributed by atoms with Crippen molar-refractivity contribution in [3.8, 4) is 0 Å². The molecule has 0 bridgehead atoms. The zero-order chi connectivity index (χ0) is 15.6. The molecule has 0 aliphatic carbocycles. The lowest BCUT2D eigenvalue weighted by Gasteiger charge is -2.10. The van der Waals surface area contributed by atoms with E-state index < -0.39 is 41.3 Å². The molecule has 0 amide bonds. The van der Waals surface area contributed by atoms with Crippen molar-refractivity contribution < 1.29 is 34.7 Å². The summed E-state index contributed by atoms with van der Waals surface area (Å²) in [7, 11) is -9.35. The first-order valence-corrected chi connectivity index (χ1v) is 8.88. The van der Waals surface area contributed by atoms with Crippen molar-refractivity contribution in [3.05, 3.63) is 23.8 Å². The number of rotatable bonds is 6. The molecule has 0 saturated heterocycles. The molecule has 1 rings (SSSR count). The van der Waals surface area contributed by atoms with Crippen LogP contribution in [0.15, 0.2) is 28.0 Å². The predicted molar refractivity (Wildman–Crippen MR) is 66.7 cm³/mol. The highest BCUT2D eigenvalue weighted by molar-refractivity contribution is 7.86. The molecule has 0 saturated carbocycles. The second-order valence-corrected chi connectivity index (χ2v) is 7.17. The van der Waals surface area contributed by atoms with Gasteiger partial charge in [0.05, 0.1) is 9.79 Å². The summed E-state index contributed by atoms with van der Waals surface area (Å²) in [4.78, 5) is -1.42. The maximum absolute atomic E-state index is 11.2. The Labute approximate surface area is 117 Å². The quantitative estimate of drug-likeness (QED) is 0.442. The summed E-state index contributed by atoms with van der Waals surface area (Å²) in [5.74, 6) is 0. The van der Waals surface area contributed by atoms with Crippen LogP contribution in [0.3, 0.4) is 0 Å². The Morgan fingerprint density at radius 3 is 2.20 bits per heavy atom. The van der Waals surface area contributed by atoms with Crippen molar-refractivity contribution in [1.29, 1.82) is 0 Å². The van der Waals surface area contributed by atoms with E-state index in [-0.39, 0.29) is 18.5 Å². The third kappa shape index (κ3) is 4.90. The molecule has 9 nitrogen and oxygen atoms in total. The minimum Gasteiger partial charge on any atom is -0.760 e. The van der Waals surface area contributed by atoms with E-state index in [1.165, 1.54) is 0 Å². The first-order valence-electron chi connectivity index (χ1n) is 4.92. The maximum Gasteiger partial charge on any atom is 0.294 e. The lowest BCUT2D eigenvalue weighted by molar-refractivity contribution is 0.480. The van der Waals surface area contributed by atoms with Gasteiger partial charge in [0.1, 0.15) is 0 Å². The summed E-state index contributed by atoms with van der Waals surface area (Å²) in [6.07, 6.45) is -0.102. The molecule has 1 atom stereocenters. The Morgan fingerprint density at radius 2 is 1.75 bits per heavy atom. The Morgan fingerprint density at radius 1 is 1.15 bits per heavy atom. The van der Waals surface area contributed by atoms with Gasteiger partial charge >= 0.3 is 0 Å². The highest BCUT2D eigenvalue weighted by Gasteiger charge is 2.20. The van der Waals surface area contributed by atoms with Crippen LogP contribution in [0.4, 0.5) is 0 Å². The van der Waals surface area contributed by atoms with Crippen LogP contribution in [-0.4, -0.2) is 41.2 Å². The summed E-state index contributed by atoms with van der Waals surface area (Å²) < 4.78 is 84.5. The van der Waals surface area contributed by atoms with E-state index in [0.717, 1.165) is 12.1 Å². The van der Waals surface area contributed by atoms with E-state index >= 15 is 0 Å². The van der Waals surface area contributed by atoms with Gasteiger partial charge in [-0.1, -0.05) is 6.07 Å². The molecule has 1 aromatic carbocycles. The van der Waals surface area contributed by atoms with Crippen LogP contribution in [-0.2, 0) is 37.9 Å². The largest absolute Gasteiger partial charge is 0.760 e. The van der Waals surface area contributed by atoms with E-state index in [4.69, 9.17) is 9.11 Å². The Balaban J connectivity index is 3.22. The SMILES string of the molecule is O=S([O-])NCCc1ccc(S(=O)(=O)O)cc1S(=O)(=O)O. The van der Waals surface area contributed by atoms with Crippen molar-refractivity contribution in [2.75, 3.05) is 6.54 Å². The van der Waals surface area contributed by atoms with Gasteiger partial charge in [0.2, 0.25) is 0 Å². The van der Waals surface area contributed by atoms with Crippen LogP contribution in [0.25, 0.3) is 0 Å². The first kappa shape index (κ1) is 17.2. The van der Waals surface area contributed by atoms with Crippen molar-refractivity contribution in [1.82, 2.24) is 4.72 Å². The number of hydrogen-bond donors (Lipinski definition) is 3. The molecule has 20 heavy (non-hydrogen) atoms. The monoisotopic (exact) mass is 344 g/mol. The molecular formula is C8H10NO8S3-. The Kier molecular flexibility index (Phi) is 5.37. The van der Waals surface area contributed by atoms with E-state index in [2.05, 4.69) is 0 Å². The van der Waals surface area contributed by atoms with Gasteiger partial charge in [-0.3, -0.25) is 13.3 Å². The van der Waals surface area contributed by atoms with Gasteiger partial charge in [-0.25, -0.2) is 4.72 Å². The molecule has 1 aromatic rings. The predicted octanol–water partition coefficient (Wildman–Crippen LogP) is -0.894. The third-order valence-corrected chi connectivity index (χ3v) is 4.45. The molecule has 0 spiro atoms. The fourth-order valence-electron chi connectivity index (χ4n) is 1.41. The van der Waals surface area contributed by atoms with E-state index in [9.17, 15) is 25.6 Å². The van der Waals surface area contributed by atoms with Gasteiger partial charge in [0.25, 0.3) is 20.2 Å². The lowest BCUT2D eigenvalue weighted by atomic mass is 10.1. The summed E-state index contributed by atoms with van der Waals surface area (Å²) in [5.41, 5.74) is -0.00199. The minimum absolute atomic E-state index is 0.00199. The van der Waals surface area contributed by atoms with Crippen LogP contribution in [0, 0.1) is 0 Å². The molecule has 0 radical (unpaired) electrons. The van der Waals surface area contributed by atoms with Crippen molar-refractivity contribution >= 4 is 31.5 Å². The fraction of sp³-hybridized carbons (Fsp3) is 0.250. The van der Waals surface area contributed by atoms with Gasteiger partial charge in [-0.05, 0) is 24.1 Å². The third-order valence-electron chi connectivity index (χ3n) is 2.23. The summed E-state index contributed by atoms with van der Waals surface area (Å²) >= 11 is -2.53. The summed E-state index contributed by atoms with van der Waals surface area (Å²) in [5, 5.41) is 0. The molecule has 3 N–H and O–H groups in total. The maximum atomic E-state index is 11.2. The number of nitrogens with one attached hydrogen (secondary N) is 1. The van der Waals surface area contributed by atoms with Crippen LogP contribution < -0.4 is 4.72 Å². The molecule has 0 aliphatic rings. The standard InChI is InChI=1S/C8H11NO8S3/c10-18(11)9-4-3-6-1-2-7(19(12,13)14)5-8(6)20(15,16)17/h1-2,5,9H,3-4H2,(H,10,11)(H,12,13,14)(H,15,16,17)/p-1. The van der Waals surface area contributed by atoms with E-state index in [1.807, 2.05) is 4.72 Å². The first-order chi connectivity index (χ1) is 9.01. The molecular weight excluding hydrogens is 334 g/mol. The minimum atomic E-state index is -4.72. The molecule has 0 fully saturated rings. The van der Waals surface area contributed by atoms with Crippen LogP contribution in [0.2, 0.25) is 0 Å². The van der Waals surface area contributed by atoms with Crippen molar-refractivity contribution in [3.63, 3.8) is 0 Å². The van der Waals surface area contributed by atoms with E-state index in [0.29, 0.717) is 6.07 Å². The highest BCUT2D eigenvalue weighted by Crippen LogP contribution is 2.21. The van der Waals surface area contributed by atoms with Gasteiger partial charge in [-0.2, -0.15) is 16.8 Å². The second-order valence-electron chi connectivity index (χ2n) is 3.60. The lowest BCUT2D eigenvalue weighted by Crippen LogP contribution is -2.20. The number of hydrogen-bond acceptors (Lipinski definition) is 6. The molecule has 0 aliphatic heterocycles. The smallest absolute Gasteiger partial charge is 0.294 e. The molecule has 0 heterocycles. The Bertz CT molecular complexity index is 724. The van der Waals surface area contributed by atoms with Crippen molar-refractivity contribution in [2.45, 2.75) is 16.2 Å². The van der Waals surface area contributed by atoms with Crippen molar-refractivity contribution in [2.24, 2.45) is 0 Å². The van der Waals surface area contributed by atoms with E-state index in [1.54, 1.807) is 0 Å². The van der Waals surface area contributed by atoms with Crippen LogP contribution in [0.5, 0.6) is 0 Å². The van der Waals surface area contributed by atoms with Crippen LogP contribution >= 0.6 is 0 Å². The topological polar surface area (TPSA) is 161 Å². The Hall–Kier alpha value is -0.890. The average molecular weight is 344 g/mol. The summed E-state index contributed by atoms with van der Waals surface area (Å²) in [6, 6.07) is 2.59. The zero-order valence-electron chi connectivity index (χ0n) is 9.71. The molecule has 12 heteroatoms. The van der Waals surface area contributed by atoms with Crippen LogP contribution in [0.1, 0.15) is 5.56 Å². The number of benzene rings is 1. The van der Waals surface area contributed by atoms with Gasteiger partial charge < -0.3 is 4.55 Å². The fourth-order valence-corrected chi connectivity index (χ4v) is 3.04. The highest BCUT2D eigenvalue weighted by atomic mass is 32.2. The summed E-state index contributed by atoms with van der Waals surface area (Å²) in [6.45, 7) is -0.149. The second kappa shape index (κ2) is 6.26. The normalized spacial score (nSPS) is 14.2. The van der Waals surface area contributed by atoms with Gasteiger partial charge in [-0.15, -0.1) is 0 Å². The van der Waals surface area contributed by atoms with Gasteiger partial charge in [0.15, 0.2) is 0 Å². The van der Waals surface area contributed by atoms with Gasteiger partial charge in [0, 0.05) is 17.8 Å². The molecule has 114 valence electrons. The molecule has 1 unspecified atom stereocenters.